The summed E-state index contributed by atoms with van der Waals surface area (Å²) in [5.74, 6) is 0.108. The summed E-state index contributed by atoms with van der Waals surface area (Å²) in [6.07, 6.45) is 2.34. The van der Waals surface area contributed by atoms with E-state index in [4.69, 9.17) is 4.74 Å². The Morgan fingerprint density at radius 3 is 2.79 bits per heavy atom. The number of aromatic nitrogens is 3. The Kier molecular flexibility index (Phi) is 4.79. The van der Waals surface area contributed by atoms with E-state index in [0.717, 1.165) is 11.8 Å². The number of ether oxygens (including phenoxy) is 1. The normalized spacial score (nSPS) is 16.9. The van der Waals surface area contributed by atoms with Crippen LogP contribution < -0.4 is 10.5 Å². The summed E-state index contributed by atoms with van der Waals surface area (Å²) in [6.45, 7) is 1.49. The first-order valence-corrected chi connectivity index (χ1v) is 8.86. The van der Waals surface area contributed by atoms with Crippen LogP contribution in [0, 0.1) is 5.82 Å². The van der Waals surface area contributed by atoms with Gasteiger partial charge in [0.2, 0.25) is 5.95 Å². The van der Waals surface area contributed by atoms with Crippen LogP contribution in [0.3, 0.4) is 0 Å². The summed E-state index contributed by atoms with van der Waals surface area (Å²) in [5.41, 5.74) is 1.15. The smallest absolute Gasteiger partial charge is 0.255 e. The Bertz CT molecular complexity index is 1050. The lowest BCUT2D eigenvalue weighted by Crippen LogP contribution is -2.41. The molecule has 144 valence electrons. The predicted molar refractivity (Wildman–Crippen MR) is 102 cm³/mol. The third-order valence-corrected chi connectivity index (χ3v) is 4.77. The first kappa shape index (κ1) is 18.1. The number of phenols is 1. The average Bonchev–Trinajstić information content (AvgIpc) is 2.71. The predicted octanol–water partition coefficient (Wildman–Crippen LogP) is 2.26. The van der Waals surface area contributed by atoms with Crippen molar-refractivity contribution in [1.29, 1.82) is 0 Å². The zero-order valence-electron chi connectivity index (χ0n) is 15.2. The molecule has 0 unspecified atom stereocenters. The Balaban J connectivity index is 1.69. The lowest BCUT2D eigenvalue weighted by molar-refractivity contribution is 0.0389. The van der Waals surface area contributed by atoms with E-state index in [-0.39, 0.29) is 28.7 Å². The highest BCUT2D eigenvalue weighted by molar-refractivity contribution is 5.60. The zero-order chi connectivity index (χ0) is 19.7. The summed E-state index contributed by atoms with van der Waals surface area (Å²) in [4.78, 5) is 22.7. The molecule has 2 aromatic heterocycles. The van der Waals surface area contributed by atoms with E-state index in [9.17, 15) is 14.3 Å². The minimum absolute atomic E-state index is 0.188. The molecule has 0 aliphatic carbocycles. The first-order chi connectivity index (χ1) is 13.5. The van der Waals surface area contributed by atoms with Gasteiger partial charge in [0.15, 0.2) is 5.82 Å². The Morgan fingerprint density at radius 1 is 1.25 bits per heavy atom. The number of aromatic hydroxyl groups is 1. The summed E-state index contributed by atoms with van der Waals surface area (Å²) in [5, 5.41) is 9.48. The van der Waals surface area contributed by atoms with Gasteiger partial charge in [0, 0.05) is 31.4 Å². The van der Waals surface area contributed by atoms with E-state index < -0.39 is 5.82 Å². The number of nitrogens with zero attached hydrogens (tertiary/aromatic N) is 4. The maximum absolute atomic E-state index is 14.1. The highest BCUT2D eigenvalue weighted by atomic mass is 19.1. The molecule has 7 nitrogen and oxygen atoms in total. The van der Waals surface area contributed by atoms with E-state index in [0.29, 0.717) is 25.6 Å². The van der Waals surface area contributed by atoms with E-state index >= 15 is 0 Å². The summed E-state index contributed by atoms with van der Waals surface area (Å²) >= 11 is 0. The number of benzene rings is 1. The number of hydrogen-bond acceptors (Lipinski definition) is 6. The van der Waals surface area contributed by atoms with Crippen molar-refractivity contribution in [2.24, 2.45) is 7.05 Å². The quantitative estimate of drug-likeness (QED) is 0.749. The number of rotatable bonds is 3. The molecule has 3 heterocycles. The highest BCUT2D eigenvalue weighted by Crippen LogP contribution is 2.27. The number of morpholine rings is 1. The number of hydrogen-bond donors (Lipinski definition) is 1. The van der Waals surface area contributed by atoms with Crippen LogP contribution >= 0.6 is 0 Å². The van der Waals surface area contributed by atoms with E-state index in [1.54, 1.807) is 31.3 Å². The van der Waals surface area contributed by atoms with Crippen LogP contribution in [-0.2, 0) is 11.8 Å². The molecule has 1 atom stereocenters. The van der Waals surface area contributed by atoms with Crippen molar-refractivity contribution in [2.45, 2.75) is 6.10 Å². The van der Waals surface area contributed by atoms with Gasteiger partial charge in [-0.3, -0.25) is 14.3 Å². The van der Waals surface area contributed by atoms with Gasteiger partial charge in [-0.2, -0.15) is 0 Å². The van der Waals surface area contributed by atoms with Gasteiger partial charge in [-0.15, -0.1) is 0 Å². The van der Waals surface area contributed by atoms with Gasteiger partial charge in [0.05, 0.1) is 25.0 Å². The molecule has 4 rings (SSSR count). The molecule has 0 radical (unpaired) electrons. The molecule has 1 aromatic carbocycles. The van der Waals surface area contributed by atoms with Gasteiger partial charge in [-0.25, -0.2) is 9.37 Å². The molecule has 0 saturated carbocycles. The molecular formula is C20H19FN4O3. The van der Waals surface area contributed by atoms with Gasteiger partial charge in [-0.05, 0) is 23.8 Å². The van der Waals surface area contributed by atoms with Crippen molar-refractivity contribution >= 4 is 5.95 Å². The van der Waals surface area contributed by atoms with Crippen molar-refractivity contribution in [3.05, 3.63) is 70.5 Å². The van der Waals surface area contributed by atoms with Crippen LogP contribution in [0.4, 0.5) is 10.3 Å². The lowest BCUT2D eigenvalue weighted by Gasteiger charge is -2.34. The largest absolute Gasteiger partial charge is 0.508 e. The van der Waals surface area contributed by atoms with Gasteiger partial charge >= 0.3 is 0 Å². The second-order valence-electron chi connectivity index (χ2n) is 6.59. The third-order valence-electron chi connectivity index (χ3n) is 4.77. The summed E-state index contributed by atoms with van der Waals surface area (Å²) < 4.78 is 21.4. The fourth-order valence-electron chi connectivity index (χ4n) is 3.25. The molecule has 1 N–H and O–H groups in total. The van der Waals surface area contributed by atoms with Crippen molar-refractivity contribution in [3.8, 4) is 17.0 Å². The van der Waals surface area contributed by atoms with Crippen molar-refractivity contribution in [1.82, 2.24) is 14.5 Å². The number of pyridine rings is 1. The fourth-order valence-corrected chi connectivity index (χ4v) is 3.25. The van der Waals surface area contributed by atoms with Crippen LogP contribution in [0.2, 0.25) is 0 Å². The standard InChI is InChI=1S/C20H19FN4O3/c1-24-19(27)10-17(15-6-7-22-11-16(15)21)23-20(24)25-8-9-28-18(12-25)13-2-4-14(26)5-3-13/h2-7,10-11,18,26H,8-9,12H2,1H3/t18-/m1/s1. The monoisotopic (exact) mass is 382 g/mol. The fraction of sp³-hybridized carbons (Fsp3) is 0.250. The molecule has 1 saturated heterocycles. The number of anilines is 1. The van der Waals surface area contributed by atoms with Crippen LogP contribution in [-0.4, -0.2) is 39.3 Å². The van der Waals surface area contributed by atoms with Crippen LogP contribution in [0.15, 0.2) is 53.6 Å². The molecule has 0 spiro atoms. The minimum Gasteiger partial charge on any atom is -0.508 e. The second kappa shape index (κ2) is 7.40. The molecule has 1 aliphatic heterocycles. The SMILES string of the molecule is Cn1c(N2CCO[C@@H](c3ccc(O)cc3)C2)nc(-c2ccncc2F)cc1=O. The van der Waals surface area contributed by atoms with Gasteiger partial charge in [0.1, 0.15) is 11.9 Å². The van der Waals surface area contributed by atoms with E-state index in [2.05, 4.69) is 9.97 Å². The number of phenolic OH excluding ortho intramolecular Hbond substituents is 1. The Hall–Kier alpha value is -3.26. The Labute approximate surface area is 160 Å². The first-order valence-electron chi connectivity index (χ1n) is 8.86. The topological polar surface area (TPSA) is 80.5 Å². The third kappa shape index (κ3) is 3.46. The van der Waals surface area contributed by atoms with E-state index in [1.807, 2.05) is 4.90 Å². The van der Waals surface area contributed by atoms with E-state index in [1.165, 1.54) is 22.9 Å². The second-order valence-corrected chi connectivity index (χ2v) is 6.59. The van der Waals surface area contributed by atoms with Crippen LogP contribution in [0.1, 0.15) is 11.7 Å². The zero-order valence-corrected chi connectivity index (χ0v) is 15.2. The Morgan fingerprint density at radius 2 is 2.04 bits per heavy atom. The molecule has 8 heteroatoms. The maximum Gasteiger partial charge on any atom is 0.255 e. The maximum atomic E-state index is 14.1. The summed E-state index contributed by atoms with van der Waals surface area (Å²) in [7, 11) is 1.64. The van der Waals surface area contributed by atoms with Crippen LogP contribution in [0.25, 0.3) is 11.3 Å². The average molecular weight is 382 g/mol. The summed E-state index contributed by atoms with van der Waals surface area (Å²) in [6, 6.07) is 9.65. The number of halogens is 1. The van der Waals surface area contributed by atoms with Crippen molar-refractivity contribution in [2.75, 3.05) is 24.6 Å². The molecule has 0 bridgehead atoms. The van der Waals surface area contributed by atoms with Crippen molar-refractivity contribution < 1.29 is 14.2 Å². The lowest BCUT2D eigenvalue weighted by atomic mass is 10.1. The van der Waals surface area contributed by atoms with Crippen LogP contribution in [0.5, 0.6) is 5.75 Å². The molecular weight excluding hydrogens is 363 g/mol. The molecule has 28 heavy (non-hydrogen) atoms. The highest BCUT2D eigenvalue weighted by Gasteiger charge is 2.25. The van der Waals surface area contributed by atoms with Crippen molar-refractivity contribution in [3.63, 3.8) is 0 Å². The molecule has 3 aromatic rings. The molecule has 0 amide bonds. The molecule has 1 aliphatic rings. The minimum atomic E-state index is -0.529. The van der Waals surface area contributed by atoms with Gasteiger partial charge in [0.25, 0.3) is 5.56 Å². The van der Waals surface area contributed by atoms with Gasteiger partial charge in [-0.1, -0.05) is 12.1 Å². The molecule has 1 fully saturated rings. The van der Waals surface area contributed by atoms with Gasteiger partial charge < -0.3 is 14.7 Å².